The molecule has 0 spiro atoms. The third-order valence-electron chi connectivity index (χ3n) is 3.05. The summed E-state index contributed by atoms with van der Waals surface area (Å²) in [5, 5.41) is 8.18. The van der Waals surface area contributed by atoms with Crippen LogP contribution in [0.5, 0.6) is 0 Å². The first-order valence-corrected chi connectivity index (χ1v) is 8.09. The van der Waals surface area contributed by atoms with Crippen molar-refractivity contribution in [3.63, 3.8) is 0 Å². The van der Waals surface area contributed by atoms with Gasteiger partial charge in [0, 0.05) is 6.54 Å². The average molecular weight is 382 g/mol. The summed E-state index contributed by atoms with van der Waals surface area (Å²) in [5.41, 5.74) is 6.96. The van der Waals surface area contributed by atoms with Crippen LogP contribution in [0.15, 0.2) is 42.3 Å². The summed E-state index contributed by atoms with van der Waals surface area (Å²) < 4.78 is 1.44. The van der Waals surface area contributed by atoms with Gasteiger partial charge in [-0.1, -0.05) is 31.2 Å². The van der Waals surface area contributed by atoms with Crippen LogP contribution in [0.4, 0.5) is 5.82 Å². The summed E-state index contributed by atoms with van der Waals surface area (Å²) in [6.07, 6.45) is 4.54. The fourth-order valence-electron chi connectivity index (χ4n) is 1.74. The van der Waals surface area contributed by atoms with Gasteiger partial charge in [-0.2, -0.15) is 9.97 Å². The minimum absolute atomic E-state index is 0.0261. The van der Waals surface area contributed by atoms with E-state index in [1.807, 2.05) is 26.0 Å². The molecule has 0 saturated carbocycles. The van der Waals surface area contributed by atoms with Gasteiger partial charge in [0.1, 0.15) is 5.52 Å². The molecule has 9 heteroatoms. The van der Waals surface area contributed by atoms with Crippen LogP contribution < -0.4 is 11.4 Å². The van der Waals surface area contributed by atoms with Gasteiger partial charge in [0.25, 0.3) is 0 Å². The molecule has 2 rings (SSSR count). The number of carbonyl (C=O) groups is 1. The second kappa shape index (κ2) is 11.6. The number of halogens is 1. The monoisotopic (exact) mass is 381 g/mol. The number of anilines is 1. The number of hydrogen-bond acceptors (Lipinski definition) is 5. The molecule has 26 heavy (non-hydrogen) atoms. The quantitative estimate of drug-likeness (QED) is 0.539. The van der Waals surface area contributed by atoms with E-state index >= 15 is 0 Å². The standard InChI is InChI=1S/C9H10ClN5O.C6H10O2.C2H4/c1-2-3-4-15-7-5(12-9(15)16)6(11)13-8(10)14-7;1-3-5(2)4-6(7)8;1-2/h2-3H,4H2,1H3,(H,12,16)(H2,11,13,14);2-4H2,1H3,(H,7,8);1-2H2/b3-2+;;. The highest BCUT2D eigenvalue weighted by atomic mass is 35.5. The Balaban J connectivity index is 0.000000533. The zero-order chi connectivity index (χ0) is 20.3. The van der Waals surface area contributed by atoms with Gasteiger partial charge in [-0.25, -0.2) is 4.79 Å². The molecule has 0 saturated heterocycles. The third kappa shape index (κ3) is 6.94. The van der Waals surface area contributed by atoms with Crippen LogP contribution in [-0.2, 0) is 11.3 Å². The fourth-order valence-corrected chi connectivity index (χ4v) is 1.91. The zero-order valence-corrected chi connectivity index (χ0v) is 15.7. The van der Waals surface area contributed by atoms with Crippen LogP contribution in [-0.4, -0.2) is 30.6 Å². The number of nitrogens with one attached hydrogen (secondary N) is 1. The van der Waals surface area contributed by atoms with Crippen molar-refractivity contribution in [3.05, 3.63) is 53.2 Å². The lowest BCUT2D eigenvalue weighted by atomic mass is 10.2. The normalized spacial score (nSPS) is 9.96. The summed E-state index contributed by atoms with van der Waals surface area (Å²) in [6, 6.07) is 0. The predicted molar refractivity (Wildman–Crippen MR) is 105 cm³/mol. The van der Waals surface area contributed by atoms with E-state index in [1.54, 1.807) is 0 Å². The number of allylic oxidation sites excluding steroid dienone is 2. The Labute approximate surface area is 156 Å². The molecule has 2 aromatic rings. The van der Waals surface area contributed by atoms with Crippen molar-refractivity contribution in [1.29, 1.82) is 0 Å². The van der Waals surface area contributed by atoms with Crippen molar-refractivity contribution < 1.29 is 9.90 Å². The van der Waals surface area contributed by atoms with Gasteiger partial charge in [-0.15, -0.1) is 13.2 Å². The molecule has 0 aliphatic carbocycles. The topological polar surface area (TPSA) is 127 Å². The molecule has 0 aliphatic heterocycles. The maximum Gasteiger partial charge on any atom is 0.328 e. The number of carboxylic acid groups (broad SMARTS) is 1. The number of rotatable bonds is 5. The van der Waals surface area contributed by atoms with Crippen molar-refractivity contribution in [2.24, 2.45) is 0 Å². The lowest BCUT2D eigenvalue weighted by Crippen LogP contribution is -2.16. The Bertz CT molecular complexity index is 839. The Morgan fingerprint density at radius 3 is 2.50 bits per heavy atom. The van der Waals surface area contributed by atoms with Crippen LogP contribution in [0.3, 0.4) is 0 Å². The lowest BCUT2D eigenvalue weighted by molar-refractivity contribution is -0.136. The molecule has 0 bridgehead atoms. The van der Waals surface area contributed by atoms with Gasteiger partial charge in [0.05, 0.1) is 6.42 Å². The van der Waals surface area contributed by atoms with E-state index in [0.29, 0.717) is 17.7 Å². The van der Waals surface area contributed by atoms with Crippen LogP contribution in [0.1, 0.15) is 26.7 Å². The summed E-state index contributed by atoms with van der Waals surface area (Å²) in [5.74, 6) is -0.622. The summed E-state index contributed by atoms with van der Waals surface area (Å²) in [6.45, 7) is 13.7. The maximum absolute atomic E-state index is 11.6. The van der Waals surface area contributed by atoms with E-state index < -0.39 is 5.97 Å². The number of imidazole rings is 1. The molecule has 0 atom stereocenters. The van der Waals surface area contributed by atoms with Crippen molar-refractivity contribution in [2.45, 2.75) is 33.2 Å². The van der Waals surface area contributed by atoms with E-state index in [0.717, 1.165) is 12.0 Å². The molecule has 142 valence electrons. The van der Waals surface area contributed by atoms with Crippen LogP contribution >= 0.6 is 11.6 Å². The number of nitrogens with two attached hydrogens (primary N) is 1. The first-order chi connectivity index (χ1) is 12.3. The first-order valence-electron chi connectivity index (χ1n) is 7.71. The van der Waals surface area contributed by atoms with Gasteiger partial charge in [-0.05, 0) is 24.9 Å². The number of nitrogen functional groups attached to an aromatic ring is 1. The lowest BCUT2D eigenvalue weighted by Gasteiger charge is -1.99. The highest BCUT2D eigenvalue weighted by Crippen LogP contribution is 2.16. The Hall–Kier alpha value is -2.87. The van der Waals surface area contributed by atoms with Crippen molar-refractivity contribution >= 4 is 34.6 Å². The number of H-pyrrole nitrogens is 1. The zero-order valence-electron chi connectivity index (χ0n) is 15.0. The van der Waals surface area contributed by atoms with E-state index in [2.05, 4.69) is 34.7 Å². The highest BCUT2D eigenvalue weighted by molar-refractivity contribution is 6.28. The fraction of sp³-hybridized carbons (Fsp3) is 0.294. The molecule has 0 amide bonds. The van der Waals surface area contributed by atoms with Crippen molar-refractivity contribution in [2.75, 3.05) is 5.73 Å². The first kappa shape index (κ1) is 23.1. The number of carboxylic acids is 1. The number of hydrogen-bond donors (Lipinski definition) is 3. The van der Waals surface area contributed by atoms with E-state index in [1.165, 1.54) is 4.57 Å². The molecular formula is C17H24ClN5O3. The minimum Gasteiger partial charge on any atom is -0.481 e. The van der Waals surface area contributed by atoms with E-state index in [9.17, 15) is 9.59 Å². The molecule has 0 aliphatic rings. The molecule has 2 aromatic heterocycles. The molecule has 0 radical (unpaired) electrons. The highest BCUT2D eigenvalue weighted by Gasteiger charge is 2.11. The van der Waals surface area contributed by atoms with Gasteiger partial charge in [0.2, 0.25) is 5.28 Å². The van der Waals surface area contributed by atoms with Crippen LogP contribution in [0, 0.1) is 0 Å². The molecule has 0 fully saturated rings. The smallest absolute Gasteiger partial charge is 0.328 e. The number of fused-ring (bicyclic) bond motifs is 1. The van der Waals surface area contributed by atoms with Gasteiger partial charge < -0.3 is 15.8 Å². The second-order valence-corrected chi connectivity index (χ2v) is 5.20. The average Bonchev–Trinajstić information content (AvgIpc) is 2.90. The number of aromatic nitrogens is 4. The predicted octanol–water partition coefficient (Wildman–Crippen LogP) is 3.16. The third-order valence-corrected chi connectivity index (χ3v) is 3.22. The number of aromatic amines is 1. The van der Waals surface area contributed by atoms with Gasteiger partial charge in [0.15, 0.2) is 11.5 Å². The molecule has 2 heterocycles. The Kier molecular flexibility index (Phi) is 10.4. The van der Waals surface area contributed by atoms with E-state index in [4.69, 9.17) is 22.4 Å². The maximum atomic E-state index is 11.6. The minimum atomic E-state index is -0.795. The molecular weight excluding hydrogens is 358 g/mol. The second-order valence-electron chi connectivity index (χ2n) is 4.86. The SMILES string of the molecule is C/C=C/Cn1c(=O)[nH]c2c(N)nc(Cl)nc21.C=C.C=C(CC)CC(=O)O. The van der Waals surface area contributed by atoms with Crippen LogP contribution in [0.25, 0.3) is 11.2 Å². The van der Waals surface area contributed by atoms with E-state index in [-0.39, 0.29) is 23.2 Å². The van der Waals surface area contributed by atoms with Crippen molar-refractivity contribution in [3.8, 4) is 0 Å². The Morgan fingerprint density at radius 2 is 2.04 bits per heavy atom. The van der Waals surface area contributed by atoms with Crippen molar-refractivity contribution in [1.82, 2.24) is 19.5 Å². The van der Waals surface area contributed by atoms with Crippen LogP contribution in [0.2, 0.25) is 5.28 Å². The Morgan fingerprint density at radius 1 is 1.42 bits per heavy atom. The number of nitrogens with zero attached hydrogens (tertiary/aromatic N) is 3. The summed E-state index contributed by atoms with van der Waals surface area (Å²) in [4.78, 5) is 31.9. The summed E-state index contributed by atoms with van der Waals surface area (Å²) in [7, 11) is 0. The molecule has 0 unspecified atom stereocenters. The summed E-state index contributed by atoms with van der Waals surface area (Å²) >= 11 is 5.69. The number of aliphatic carboxylic acids is 1. The molecule has 8 nitrogen and oxygen atoms in total. The molecule has 4 N–H and O–H groups in total. The van der Waals surface area contributed by atoms with Gasteiger partial charge in [-0.3, -0.25) is 9.36 Å². The molecule has 0 aromatic carbocycles. The largest absolute Gasteiger partial charge is 0.481 e. The van der Waals surface area contributed by atoms with Gasteiger partial charge >= 0.3 is 11.7 Å².